The Morgan fingerprint density at radius 2 is 2.10 bits per heavy atom. The molecule has 0 aliphatic rings. The molecule has 0 aliphatic carbocycles. The Bertz CT molecular complexity index is 733. The number of hydrogen-bond acceptors (Lipinski definition) is 4. The van der Waals surface area contributed by atoms with E-state index in [4.69, 9.17) is 22.1 Å². The third-order valence-corrected chi connectivity index (χ3v) is 3.35. The lowest BCUT2D eigenvalue weighted by molar-refractivity contribution is 0.589. The van der Waals surface area contributed by atoms with Crippen molar-refractivity contribution < 1.29 is 0 Å². The van der Waals surface area contributed by atoms with E-state index in [-0.39, 0.29) is 11.4 Å². The van der Waals surface area contributed by atoms with E-state index in [2.05, 4.69) is 24.1 Å². The average molecular weight is 300 g/mol. The van der Waals surface area contributed by atoms with Gasteiger partial charge in [-0.2, -0.15) is 10.5 Å². The van der Waals surface area contributed by atoms with Crippen LogP contribution in [0.3, 0.4) is 0 Å². The van der Waals surface area contributed by atoms with Crippen molar-refractivity contribution in [1.29, 1.82) is 10.5 Å². The molecular formula is C15H14ClN5. The second kappa shape index (κ2) is 6.41. The van der Waals surface area contributed by atoms with Crippen molar-refractivity contribution in [3.05, 3.63) is 46.5 Å². The smallest absolute Gasteiger partial charge is 0.177 e. The predicted octanol–water partition coefficient (Wildman–Crippen LogP) is 2.77. The van der Waals surface area contributed by atoms with Gasteiger partial charge in [0.1, 0.15) is 18.5 Å². The van der Waals surface area contributed by atoms with Gasteiger partial charge in [0.05, 0.1) is 0 Å². The number of imidazole rings is 1. The number of nitrogens with zero attached hydrogens (tertiary/aromatic N) is 4. The van der Waals surface area contributed by atoms with Gasteiger partial charge in [-0.3, -0.25) is 4.57 Å². The van der Waals surface area contributed by atoms with E-state index < -0.39 is 0 Å². The summed E-state index contributed by atoms with van der Waals surface area (Å²) in [5, 5.41) is 22.0. The molecule has 0 saturated carbocycles. The van der Waals surface area contributed by atoms with Gasteiger partial charge in [0.15, 0.2) is 11.4 Å². The molecule has 21 heavy (non-hydrogen) atoms. The molecule has 0 aliphatic heterocycles. The normalized spacial score (nSPS) is 10.4. The number of rotatable bonds is 4. The molecule has 106 valence electrons. The largest absolute Gasteiger partial charge is 0.310 e. The zero-order valence-corrected chi connectivity index (χ0v) is 12.5. The molecular weight excluding hydrogens is 286 g/mol. The summed E-state index contributed by atoms with van der Waals surface area (Å²) in [6, 6.07) is 9.78. The van der Waals surface area contributed by atoms with Crippen molar-refractivity contribution in [2.75, 3.05) is 0 Å². The Kier molecular flexibility index (Phi) is 4.59. The van der Waals surface area contributed by atoms with Gasteiger partial charge in [-0.1, -0.05) is 31.5 Å². The molecule has 1 aromatic heterocycles. The molecule has 1 aromatic carbocycles. The summed E-state index contributed by atoms with van der Waals surface area (Å²) in [4.78, 5) is 3.92. The molecule has 0 atom stereocenters. The molecule has 0 fully saturated rings. The number of hydrogen-bond donors (Lipinski definition) is 1. The fraction of sp³-hybridized carbons (Fsp3) is 0.267. The minimum absolute atomic E-state index is 0.110. The molecule has 6 heteroatoms. The van der Waals surface area contributed by atoms with E-state index in [1.807, 2.05) is 24.3 Å². The van der Waals surface area contributed by atoms with E-state index in [9.17, 15) is 0 Å². The Labute approximate surface area is 128 Å². The monoisotopic (exact) mass is 299 g/mol. The van der Waals surface area contributed by atoms with Gasteiger partial charge < -0.3 is 5.32 Å². The van der Waals surface area contributed by atoms with Gasteiger partial charge in [0.25, 0.3) is 0 Å². The molecule has 0 saturated heterocycles. The summed E-state index contributed by atoms with van der Waals surface area (Å²) in [5.41, 5.74) is 2.01. The van der Waals surface area contributed by atoms with Crippen LogP contribution < -0.4 is 5.32 Å². The van der Waals surface area contributed by atoms with Crippen molar-refractivity contribution in [3.63, 3.8) is 0 Å². The maximum absolute atomic E-state index is 9.14. The second-order valence-electron chi connectivity index (χ2n) is 4.85. The first-order valence-corrected chi connectivity index (χ1v) is 6.84. The molecule has 1 N–H and O–H groups in total. The number of aromatic nitrogens is 2. The Morgan fingerprint density at radius 1 is 1.33 bits per heavy atom. The number of halogens is 1. The van der Waals surface area contributed by atoms with Gasteiger partial charge in [-0.15, -0.1) is 0 Å². The second-order valence-corrected chi connectivity index (χ2v) is 5.25. The summed E-state index contributed by atoms with van der Waals surface area (Å²) in [5.74, 6) is 0. The minimum Gasteiger partial charge on any atom is -0.310 e. The number of nitrogens with one attached hydrogen (secondary N) is 1. The Morgan fingerprint density at radius 3 is 2.67 bits per heavy atom. The molecule has 0 spiro atoms. The lowest BCUT2D eigenvalue weighted by Gasteiger charge is -2.11. The van der Waals surface area contributed by atoms with Crippen LogP contribution in [-0.2, 0) is 6.54 Å². The van der Waals surface area contributed by atoms with Gasteiger partial charge in [-0.25, -0.2) is 4.98 Å². The Balaban J connectivity index is 2.35. The van der Waals surface area contributed by atoms with Gasteiger partial charge in [-0.05, 0) is 17.7 Å². The topological polar surface area (TPSA) is 77.4 Å². The van der Waals surface area contributed by atoms with Gasteiger partial charge in [0, 0.05) is 23.3 Å². The van der Waals surface area contributed by atoms with E-state index in [1.165, 1.54) is 6.33 Å². The van der Waals surface area contributed by atoms with Crippen LogP contribution in [0.15, 0.2) is 24.5 Å². The summed E-state index contributed by atoms with van der Waals surface area (Å²) in [6.07, 6.45) is 1.45. The van der Waals surface area contributed by atoms with Crippen LogP contribution in [0.4, 0.5) is 0 Å². The fourth-order valence-corrected chi connectivity index (χ4v) is 2.12. The van der Waals surface area contributed by atoms with Crippen molar-refractivity contribution in [2.24, 2.45) is 0 Å². The van der Waals surface area contributed by atoms with Crippen LogP contribution in [0.25, 0.3) is 5.69 Å². The molecule has 2 aromatic rings. The lowest BCUT2D eigenvalue weighted by Crippen LogP contribution is -2.22. The van der Waals surface area contributed by atoms with Crippen molar-refractivity contribution in [2.45, 2.75) is 26.4 Å². The molecule has 2 rings (SSSR count). The highest BCUT2D eigenvalue weighted by molar-refractivity contribution is 6.31. The maximum atomic E-state index is 9.14. The lowest BCUT2D eigenvalue weighted by atomic mass is 10.2. The molecule has 0 bridgehead atoms. The number of nitriles is 2. The standard InChI is InChI=1S/C15H14ClN5/c1-10(2)19-8-11-3-4-12(5-13(11)16)21-9-20-14(6-17)15(21)7-18/h3-5,9-10,19H,8H2,1-2H3. The maximum Gasteiger partial charge on any atom is 0.177 e. The van der Waals surface area contributed by atoms with E-state index in [1.54, 1.807) is 10.6 Å². The van der Waals surface area contributed by atoms with Crippen LogP contribution >= 0.6 is 11.6 Å². The molecule has 0 unspecified atom stereocenters. The van der Waals surface area contributed by atoms with E-state index in [0.717, 1.165) is 5.56 Å². The SMILES string of the molecule is CC(C)NCc1ccc(-n2cnc(C#N)c2C#N)cc1Cl. The minimum atomic E-state index is 0.110. The van der Waals surface area contributed by atoms with Crippen molar-refractivity contribution in [1.82, 2.24) is 14.9 Å². The summed E-state index contributed by atoms with van der Waals surface area (Å²) in [6.45, 7) is 4.81. The fourth-order valence-electron chi connectivity index (χ4n) is 1.88. The highest BCUT2D eigenvalue weighted by Gasteiger charge is 2.12. The highest BCUT2D eigenvalue weighted by Crippen LogP contribution is 2.22. The van der Waals surface area contributed by atoms with Crippen LogP contribution in [0.1, 0.15) is 30.8 Å². The van der Waals surface area contributed by atoms with Gasteiger partial charge in [0.2, 0.25) is 0 Å². The highest BCUT2D eigenvalue weighted by atomic mass is 35.5. The summed E-state index contributed by atoms with van der Waals surface area (Å²) < 4.78 is 1.56. The average Bonchev–Trinajstić information content (AvgIpc) is 2.88. The van der Waals surface area contributed by atoms with Crippen LogP contribution in [-0.4, -0.2) is 15.6 Å². The van der Waals surface area contributed by atoms with Crippen LogP contribution in [0, 0.1) is 22.7 Å². The zero-order chi connectivity index (χ0) is 15.4. The molecule has 0 amide bonds. The number of benzene rings is 1. The first-order chi connectivity index (χ1) is 10.1. The first kappa shape index (κ1) is 15.1. The predicted molar refractivity (Wildman–Crippen MR) is 80.0 cm³/mol. The van der Waals surface area contributed by atoms with Crippen molar-refractivity contribution >= 4 is 11.6 Å². The molecule has 0 radical (unpaired) electrons. The van der Waals surface area contributed by atoms with Gasteiger partial charge >= 0.3 is 0 Å². The third-order valence-electron chi connectivity index (χ3n) is 2.99. The van der Waals surface area contributed by atoms with Crippen molar-refractivity contribution in [3.8, 4) is 17.8 Å². The van der Waals surface area contributed by atoms with E-state index >= 15 is 0 Å². The Hall–Kier alpha value is -2.34. The molecule has 1 heterocycles. The van der Waals surface area contributed by atoms with Crippen LogP contribution in [0.5, 0.6) is 0 Å². The third kappa shape index (κ3) is 3.22. The van der Waals surface area contributed by atoms with Crippen LogP contribution in [0.2, 0.25) is 5.02 Å². The molecule has 5 nitrogen and oxygen atoms in total. The zero-order valence-electron chi connectivity index (χ0n) is 11.8. The quantitative estimate of drug-likeness (QED) is 0.941. The summed E-state index contributed by atoms with van der Waals surface area (Å²) in [7, 11) is 0. The summed E-state index contributed by atoms with van der Waals surface area (Å²) >= 11 is 6.28. The van der Waals surface area contributed by atoms with E-state index in [0.29, 0.717) is 23.3 Å². The first-order valence-electron chi connectivity index (χ1n) is 6.46.